The zero-order valence-electron chi connectivity index (χ0n) is 11.0. The number of rotatable bonds is 4. The second-order valence-corrected chi connectivity index (χ2v) is 5.45. The molecule has 1 aromatic carbocycles. The van der Waals surface area contributed by atoms with Crippen LogP contribution < -0.4 is 10.6 Å². The molecule has 1 atom stereocenters. The van der Waals surface area contributed by atoms with Gasteiger partial charge >= 0.3 is 0 Å². The summed E-state index contributed by atoms with van der Waals surface area (Å²) in [5.41, 5.74) is 5.72. The first-order chi connectivity index (χ1) is 9.52. The van der Waals surface area contributed by atoms with E-state index in [1.165, 1.54) is 6.07 Å². The van der Waals surface area contributed by atoms with Gasteiger partial charge in [0, 0.05) is 13.1 Å². The van der Waals surface area contributed by atoms with Crippen LogP contribution in [0.25, 0.3) is 0 Å². The Morgan fingerprint density at radius 2 is 2.30 bits per heavy atom. The van der Waals surface area contributed by atoms with Crippen LogP contribution in [0.15, 0.2) is 12.1 Å². The summed E-state index contributed by atoms with van der Waals surface area (Å²) in [6.07, 6.45) is 2.90. The van der Waals surface area contributed by atoms with Gasteiger partial charge in [-0.1, -0.05) is 11.6 Å². The Balaban J connectivity index is 2.31. The van der Waals surface area contributed by atoms with Gasteiger partial charge in [-0.25, -0.2) is 4.39 Å². The van der Waals surface area contributed by atoms with E-state index in [-0.39, 0.29) is 10.7 Å². The molecule has 1 fully saturated rings. The summed E-state index contributed by atoms with van der Waals surface area (Å²) in [5.74, 6) is -0.352. The molecule has 0 aromatic heterocycles. The van der Waals surface area contributed by atoms with Gasteiger partial charge < -0.3 is 10.6 Å². The van der Waals surface area contributed by atoms with Gasteiger partial charge in [0.25, 0.3) is 5.69 Å². The highest BCUT2D eigenvalue weighted by molar-refractivity contribution is 6.31. The zero-order chi connectivity index (χ0) is 14.7. The fourth-order valence-electron chi connectivity index (χ4n) is 2.68. The highest BCUT2D eigenvalue weighted by Gasteiger charge is 2.26. The van der Waals surface area contributed by atoms with Gasteiger partial charge in [0.15, 0.2) is 0 Å². The summed E-state index contributed by atoms with van der Waals surface area (Å²) in [6.45, 7) is 2.01. The topological polar surface area (TPSA) is 72.4 Å². The van der Waals surface area contributed by atoms with E-state index >= 15 is 0 Å². The van der Waals surface area contributed by atoms with E-state index in [0.29, 0.717) is 31.2 Å². The lowest BCUT2D eigenvalue weighted by Gasteiger charge is -2.34. The van der Waals surface area contributed by atoms with E-state index in [9.17, 15) is 14.5 Å². The molecule has 1 aliphatic rings. The minimum Gasteiger partial charge on any atom is -0.366 e. The molecule has 1 heterocycles. The van der Waals surface area contributed by atoms with Crippen LogP contribution in [0, 0.1) is 21.8 Å². The van der Waals surface area contributed by atoms with Gasteiger partial charge in [0.05, 0.1) is 16.0 Å². The van der Waals surface area contributed by atoms with Crippen LogP contribution in [0.1, 0.15) is 19.3 Å². The molecule has 1 aromatic rings. The number of hydrogen-bond acceptors (Lipinski definition) is 4. The standard InChI is InChI=1S/C13H17ClFN3O2/c14-10-6-12(13(18(19)20)7-11(10)15)17-5-1-2-9(8-17)3-4-16/h6-7,9H,1-5,8,16H2. The maximum Gasteiger partial charge on any atom is 0.295 e. The van der Waals surface area contributed by atoms with E-state index in [2.05, 4.69) is 0 Å². The predicted octanol–water partition coefficient (Wildman–Crippen LogP) is 2.95. The van der Waals surface area contributed by atoms with Crippen molar-refractivity contribution in [3.8, 4) is 0 Å². The first kappa shape index (κ1) is 15.0. The Morgan fingerprint density at radius 1 is 1.55 bits per heavy atom. The Labute approximate surface area is 121 Å². The van der Waals surface area contributed by atoms with Crippen molar-refractivity contribution in [1.82, 2.24) is 0 Å². The summed E-state index contributed by atoms with van der Waals surface area (Å²) in [6, 6.07) is 2.24. The number of nitro groups is 1. The Bertz CT molecular complexity index is 511. The number of benzene rings is 1. The summed E-state index contributed by atoms with van der Waals surface area (Å²) in [7, 11) is 0. The molecule has 1 unspecified atom stereocenters. The van der Waals surface area contributed by atoms with E-state index < -0.39 is 10.7 Å². The van der Waals surface area contributed by atoms with Crippen molar-refractivity contribution in [1.29, 1.82) is 0 Å². The van der Waals surface area contributed by atoms with Gasteiger partial charge in [-0.2, -0.15) is 0 Å². The maximum absolute atomic E-state index is 13.4. The molecule has 0 bridgehead atoms. The number of piperidine rings is 1. The van der Waals surface area contributed by atoms with Crippen LogP contribution in [0.4, 0.5) is 15.8 Å². The molecule has 0 aliphatic carbocycles. The minimum atomic E-state index is -0.766. The fourth-order valence-corrected chi connectivity index (χ4v) is 2.84. The van der Waals surface area contributed by atoms with Crippen LogP contribution in [0.3, 0.4) is 0 Å². The molecule has 2 rings (SSSR count). The fraction of sp³-hybridized carbons (Fsp3) is 0.538. The zero-order valence-corrected chi connectivity index (χ0v) is 11.8. The van der Waals surface area contributed by atoms with E-state index in [0.717, 1.165) is 25.3 Å². The van der Waals surface area contributed by atoms with Crippen molar-refractivity contribution in [3.63, 3.8) is 0 Å². The summed E-state index contributed by atoms with van der Waals surface area (Å²) in [5, 5.41) is 11.0. The molecular weight excluding hydrogens is 285 g/mol. The predicted molar refractivity (Wildman–Crippen MR) is 76.7 cm³/mol. The quantitative estimate of drug-likeness (QED) is 0.685. The highest BCUT2D eigenvalue weighted by atomic mass is 35.5. The molecule has 2 N–H and O–H groups in total. The maximum atomic E-state index is 13.4. The molecule has 5 nitrogen and oxygen atoms in total. The third kappa shape index (κ3) is 3.19. The molecule has 20 heavy (non-hydrogen) atoms. The lowest BCUT2D eigenvalue weighted by molar-refractivity contribution is -0.384. The molecule has 7 heteroatoms. The lowest BCUT2D eigenvalue weighted by Crippen LogP contribution is -2.36. The number of nitrogens with zero attached hydrogens (tertiary/aromatic N) is 2. The first-order valence-electron chi connectivity index (χ1n) is 6.61. The van der Waals surface area contributed by atoms with Crippen molar-refractivity contribution in [2.45, 2.75) is 19.3 Å². The van der Waals surface area contributed by atoms with Crippen molar-refractivity contribution in [2.24, 2.45) is 11.7 Å². The largest absolute Gasteiger partial charge is 0.366 e. The Kier molecular flexibility index (Phi) is 4.77. The third-order valence-corrected chi connectivity index (χ3v) is 3.94. The highest BCUT2D eigenvalue weighted by Crippen LogP contribution is 2.35. The average Bonchev–Trinajstić information content (AvgIpc) is 2.42. The molecule has 1 saturated heterocycles. The third-order valence-electron chi connectivity index (χ3n) is 3.65. The molecular formula is C13H17ClFN3O2. The van der Waals surface area contributed by atoms with Crippen LogP contribution in [0.5, 0.6) is 0 Å². The van der Waals surface area contributed by atoms with Crippen molar-refractivity contribution >= 4 is 23.0 Å². The lowest BCUT2D eigenvalue weighted by atomic mass is 9.94. The van der Waals surface area contributed by atoms with Gasteiger partial charge in [-0.05, 0) is 37.8 Å². The molecule has 0 radical (unpaired) electrons. The smallest absolute Gasteiger partial charge is 0.295 e. The monoisotopic (exact) mass is 301 g/mol. The van der Waals surface area contributed by atoms with Crippen LogP contribution in [0.2, 0.25) is 5.02 Å². The second-order valence-electron chi connectivity index (χ2n) is 5.04. The average molecular weight is 302 g/mol. The Hall–Kier alpha value is -1.40. The Morgan fingerprint density at radius 3 is 2.95 bits per heavy atom. The molecule has 0 saturated carbocycles. The summed E-state index contributed by atoms with van der Waals surface area (Å²) in [4.78, 5) is 12.4. The first-order valence-corrected chi connectivity index (χ1v) is 6.99. The van der Waals surface area contributed by atoms with Crippen molar-refractivity contribution in [2.75, 3.05) is 24.5 Å². The van der Waals surface area contributed by atoms with Gasteiger partial charge in [-0.15, -0.1) is 0 Å². The number of hydrogen-bond donors (Lipinski definition) is 1. The number of nitro benzene ring substituents is 1. The number of halogens is 2. The summed E-state index contributed by atoms with van der Waals surface area (Å²) >= 11 is 5.76. The van der Waals surface area contributed by atoms with E-state index in [1.807, 2.05) is 4.90 Å². The molecule has 1 aliphatic heterocycles. The number of nitrogens with two attached hydrogens (primary N) is 1. The molecule has 110 valence electrons. The van der Waals surface area contributed by atoms with E-state index in [1.54, 1.807) is 0 Å². The minimum absolute atomic E-state index is 0.0912. The van der Waals surface area contributed by atoms with E-state index in [4.69, 9.17) is 17.3 Å². The molecule has 0 amide bonds. The van der Waals surface area contributed by atoms with Crippen LogP contribution in [-0.2, 0) is 0 Å². The van der Waals surface area contributed by atoms with Crippen LogP contribution >= 0.6 is 11.6 Å². The van der Waals surface area contributed by atoms with Gasteiger partial charge in [-0.3, -0.25) is 10.1 Å². The molecule has 0 spiro atoms. The van der Waals surface area contributed by atoms with Gasteiger partial charge in [0.2, 0.25) is 0 Å². The van der Waals surface area contributed by atoms with Crippen LogP contribution in [-0.4, -0.2) is 24.6 Å². The van der Waals surface area contributed by atoms with Crippen molar-refractivity contribution in [3.05, 3.63) is 33.1 Å². The second kappa shape index (κ2) is 6.37. The number of anilines is 1. The SMILES string of the molecule is NCCC1CCCN(c2cc(Cl)c(F)cc2[N+](=O)[O-])C1. The normalized spacial score (nSPS) is 19.1. The summed E-state index contributed by atoms with van der Waals surface area (Å²) < 4.78 is 13.4. The van der Waals surface area contributed by atoms with Crippen molar-refractivity contribution < 1.29 is 9.31 Å². The van der Waals surface area contributed by atoms with Gasteiger partial charge in [0.1, 0.15) is 11.5 Å².